The molecule has 1 amide bonds. The maximum absolute atomic E-state index is 12.7. The Bertz CT molecular complexity index is 710. The Kier molecular flexibility index (Phi) is 5.51. The van der Waals surface area contributed by atoms with Gasteiger partial charge in [-0.1, -0.05) is 17.3 Å². The van der Waals surface area contributed by atoms with Gasteiger partial charge in [-0.15, -0.1) is 0 Å². The highest BCUT2D eigenvalue weighted by Crippen LogP contribution is 2.29. The largest absolute Gasteiger partial charge is 0.416 e. The number of halogens is 4. The second-order valence-electron chi connectivity index (χ2n) is 4.68. The maximum Gasteiger partial charge on any atom is 0.416 e. The van der Waals surface area contributed by atoms with Crippen LogP contribution in [-0.4, -0.2) is 18.7 Å². The van der Waals surface area contributed by atoms with Gasteiger partial charge >= 0.3 is 6.18 Å². The standard InChI is InChI=1S/C16H12F4N2O2/c17-13-5-1-11(2-6-13)9-21-24-10-15(23)22-14-7-3-12(4-8-14)16(18,19)20/h1-9H,10H2,(H,22,23)/b21-9+. The number of nitrogens with one attached hydrogen (secondary N) is 1. The molecule has 0 aromatic heterocycles. The zero-order valence-corrected chi connectivity index (χ0v) is 12.2. The minimum absolute atomic E-state index is 0.208. The Balaban J connectivity index is 1.80. The fourth-order valence-corrected chi connectivity index (χ4v) is 1.68. The van der Waals surface area contributed by atoms with Gasteiger partial charge in [0.25, 0.3) is 5.91 Å². The van der Waals surface area contributed by atoms with Gasteiger partial charge in [0, 0.05) is 5.69 Å². The molecule has 24 heavy (non-hydrogen) atoms. The molecule has 0 atom stereocenters. The monoisotopic (exact) mass is 340 g/mol. The van der Waals surface area contributed by atoms with E-state index in [-0.39, 0.29) is 11.5 Å². The van der Waals surface area contributed by atoms with Crippen molar-refractivity contribution in [1.29, 1.82) is 0 Å². The molecule has 2 aromatic carbocycles. The molecule has 0 saturated carbocycles. The first-order valence-corrected chi connectivity index (χ1v) is 6.72. The molecule has 0 fully saturated rings. The molecule has 2 aromatic rings. The van der Waals surface area contributed by atoms with Crippen LogP contribution >= 0.6 is 0 Å². The van der Waals surface area contributed by atoms with E-state index in [9.17, 15) is 22.4 Å². The highest BCUT2D eigenvalue weighted by molar-refractivity contribution is 5.91. The van der Waals surface area contributed by atoms with Crippen LogP contribution in [0.4, 0.5) is 23.2 Å². The Morgan fingerprint density at radius 2 is 1.71 bits per heavy atom. The molecule has 4 nitrogen and oxygen atoms in total. The molecule has 0 aliphatic carbocycles. The molecular weight excluding hydrogens is 328 g/mol. The molecular formula is C16H12F4N2O2. The molecule has 0 radical (unpaired) electrons. The van der Waals surface area contributed by atoms with E-state index in [0.29, 0.717) is 5.56 Å². The van der Waals surface area contributed by atoms with Gasteiger partial charge in [-0.25, -0.2) is 4.39 Å². The van der Waals surface area contributed by atoms with Crippen molar-refractivity contribution in [2.45, 2.75) is 6.18 Å². The van der Waals surface area contributed by atoms with E-state index in [1.165, 1.54) is 30.5 Å². The number of benzene rings is 2. The van der Waals surface area contributed by atoms with Gasteiger partial charge in [-0.2, -0.15) is 13.2 Å². The van der Waals surface area contributed by atoms with Crippen molar-refractivity contribution in [3.63, 3.8) is 0 Å². The van der Waals surface area contributed by atoms with Crippen LogP contribution in [0.25, 0.3) is 0 Å². The number of nitrogens with zero attached hydrogens (tertiary/aromatic N) is 1. The molecule has 1 N–H and O–H groups in total. The average molecular weight is 340 g/mol. The lowest BCUT2D eigenvalue weighted by Gasteiger charge is -2.08. The predicted molar refractivity (Wildman–Crippen MR) is 80.0 cm³/mol. The van der Waals surface area contributed by atoms with Crippen molar-refractivity contribution >= 4 is 17.8 Å². The Morgan fingerprint density at radius 3 is 2.29 bits per heavy atom. The zero-order valence-electron chi connectivity index (χ0n) is 12.2. The lowest BCUT2D eigenvalue weighted by molar-refractivity contribution is -0.137. The number of hydrogen-bond donors (Lipinski definition) is 1. The number of amides is 1. The molecule has 8 heteroatoms. The fourth-order valence-electron chi connectivity index (χ4n) is 1.68. The number of carbonyl (C=O) groups is 1. The summed E-state index contributed by atoms with van der Waals surface area (Å²) in [7, 11) is 0. The molecule has 0 bridgehead atoms. The summed E-state index contributed by atoms with van der Waals surface area (Å²) in [6.45, 7) is -0.418. The van der Waals surface area contributed by atoms with Crippen molar-refractivity contribution in [2.75, 3.05) is 11.9 Å². The van der Waals surface area contributed by atoms with Crippen LogP contribution in [0, 0.1) is 5.82 Å². The fraction of sp³-hybridized carbons (Fsp3) is 0.125. The molecule has 0 unspecified atom stereocenters. The number of hydrogen-bond acceptors (Lipinski definition) is 3. The smallest absolute Gasteiger partial charge is 0.386 e. The number of anilines is 1. The molecule has 0 aliphatic heterocycles. The second-order valence-corrected chi connectivity index (χ2v) is 4.68. The third-order valence-electron chi connectivity index (χ3n) is 2.84. The third kappa shape index (κ3) is 5.38. The second kappa shape index (κ2) is 7.58. The normalized spacial score (nSPS) is 11.5. The zero-order chi connectivity index (χ0) is 17.6. The lowest BCUT2D eigenvalue weighted by atomic mass is 10.2. The van der Waals surface area contributed by atoms with Crippen LogP contribution in [0.5, 0.6) is 0 Å². The van der Waals surface area contributed by atoms with Crippen molar-refractivity contribution in [3.8, 4) is 0 Å². The first-order valence-electron chi connectivity index (χ1n) is 6.72. The third-order valence-corrected chi connectivity index (χ3v) is 2.84. The summed E-state index contributed by atoms with van der Waals surface area (Å²) in [5.74, 6) is -0.963. The van der Waals surface area contributed by atoms with Crippen LogP contribution < -0.4 is 5.32 Å². The number of alkyl halides is 3. The highest BCUT2D eigenvalue weighted by atomic mass is 19.4. The SMILES string of the molecule is O=C(CO/N=C/c1ccc(F)cc1)Nc1ccc(C(F)(F)F)cc1. The molecule has 0 aliphatic rings. The minimum Gasteiger partial charge on any atom is -0.386 e. The predicted octanol–water partition coefficient (Wildman–Crippen LogP) is 3.83. The lowest BCUT2D eigenvalue weighted by Crippen LogP contribution is -2.17. The van der Waals surface area contributed by atoms with E-state index >= 15 is 0 Å². The van der Waals surface area contributed by atoms with Gasteiger partial charge in [0.2, 0.25) is 0 Å². The van der Waals surface area contributed by atoms with Crippen molar-refractivity contribution in [2.24, 2.45) is 5.16 Å². The topological polar surface area (TPSA) is 50.7 Å². The van der Waals surface area contributed by atoms with Crippen LogP contribution in [0.3, 0.4) is 0 Å². The average Bonchev–Trinajstić information content (AvgIpc) is 2.53. The van der Waals surface area contributed by atoms with Crippen LogP contribution in [0.1, 0.15) is 11.1 Å². The summed E-state index contributed by atoms with van der Waals surface area (Å²) in [4.78, 5) is 16.3. The van der Waals surface area contributed by atoms with E-state index in [1.807, 2.05) is 0 Å². The number of rotatable bonds is 5. The summed E-state index contributed by atoms with van der Waals surface area (Å²) in [6.07, 6.45) is -3.13. The van der Waals surface area contributed by atoms with E-state index in [2.05, 4.69) is 10.5 Å². The van der Waals surface area contributed by atoms with Crippen LogP contribution in [-0.2, 0) is 15.8 Å². The first-order chi connectivity index (χ1) is 11.3. The molecule has 0 heterocycles. The van der Waals surface area contributed by atoms with Crippen molar-refractivity contribution in [3.05, 3.63) is 65.5 Å². The van der Waals surface area contributed by atoms with Gasteiger partial charge in [-0.05, 0) is 42.0 Å². The van der Waals surface area contributed by atoms with E-state index in [1.54, 1.807) is 0 Å². The molecule has 0 saturated heterocycles. The minimum atomic E-state index is -4.43. The summed E-state index contributed by atoms with van der Waals surface area (Å²) in [5.41, 5.74) is -0.0145. The van der Waals surface area contributed by atoms with Gasteiger partial charge in [0.15, 0.2) is 6.61 Å². The van der Waals surface area contributed by atoms with Gasteiger partial charge in [-0.3, -0.25) is 4.79 Å². The molecule has 0 spiro atoms. The summed E-state index contributed by atoms with van der Waals surface area (Å²) >= 11 is 0. The van der Waals surface area contributed by atoms with Gasteiger partial charge < -0.3 is 10.2 Å². The number of oxime groups is 1. The summed E-state index contributed by atoms with van der Waals surface area (Å²) in [6, 6.07) is 9.46. The van der Waals surface area contributed by atoms with Crippen LogP contribution in [0.2, 0.25) is 0 Å². The Labute approximate surface area is 134 Å². The highest BCUT2D eigenvalue weighted by Gasteiger charge is 2.29. The summed E-state index contributed by atoms with van der Waals surface area (Å²) < 4.78 is 49.9. The first kappa shape index (κ1) is 17.5. The molecule has 2 rings (SSSR count). The van der Waals surface area contributed by atoms with E-state index in [0.717, 1.165) is 24.3 Å². The van der Waals surface area contributed by atoms with E-state index in [4.69, 9.17) is 4.84 Å². The van der Waals surface area contributed by atoms with Crippen molar-refractivity contribution < 1.29 is 27.2 Å². The molecule has 126 valence electrons. The van der Waals surface area contributed by atoms with E-state index < -0.39 is 24.3 Å². The summed E-state index contributed by atoms with van der Waals surface area (Å²) in [5, 5.41) is 5.91. The van der Waals surface area contributed by atoms with Crippen LogP contribution in [0.15, 0.2) is 53.7 Å². The Morgan fingerprint density at radius 1 is 1.08 bits per heavy atom. The Hall–Kier alpha value is -2.90. The van der Waals surface area contributed by atoms with Gasteiger partial charge in [0.05, 0.1) is 11.8 Å². The maximum atomic E-state index is 12.7. The van der Waals surface area contributed by atoms with Crippen molar-refractivity contribution in [1.82, 2.24) is 0 Å². The van der Waals surface area contributed by atoms with Gasteiger partial charge in [0.1, 0.15) is 5.82 Å². The number of carbonyl (C=O) groups excluding carboxylic acids is 1. The quantitative estimate of drug-likeness (QED) is 0.511.